The van der Waals surface area contributed by atoms with E-state index in [1.165, 1.54) is 12.1 Å². The Labute approximate surface area is 191 Å². The van der Waals surface area contributed by atoms with E-state index in [9.17, 15) is 14.3 Å². The molecule has 0 radical (unpaired) electrons. The van der Waals surface area contributed by atoms with Crippen LogP contribution < -0.4 is 4.74 Å². The molecule has 1 aliphatic carbocycles. The number of ether oxygens (including phenoxy) is 1. The monoisotopic (exact) mass is 447 g/mol. The van der Waals surface area contributed by atoms with Gasteiger partial charge in [-0.05, 0) is 66.8 Å². The minimum Gasteiger partial charge on any atom is -0.495 e. The minimum absolute atomic E-state index is 0.0873. The Kier molecular flexibility index (Phi) is 5.50. The number of nitrogens with zero attached hydrogens (tertiary/aromatic N) is 3. The van der Waals surface area contributed by atoms with Crippen LogP contribution in [0.1, 0.15) is 41.3 Å². The van der Waals surface area contributed by atoms with Gasteiger partial charge in [0.25, 0.3) is 0 Å². The van der Waals surface area contributed by atoms with Crippen molar-refractivity contribution in [1.82, 2.24) is 14.5 Å². The number of carbonyl (C=O) groups is 1. The van der Waals surface area contributed by atoms with Gasteiger partial charge in [0.1, 0.15) is 11.6 Å². The first-order valence-corrected chi connectivity index (χ1v) is 11.1. The summed E-state index contributed by atoms with van der Waals surface area (Å²) in [7, 11) is 1.62. The molecule has 5 rings (SSSR count). The number of piperidine rings is 1. The van der Waals surface area contributed by atoms with Crippen LogP contribution in [-0.4, -0.2) is 45.2 Å². The zero-order valence-corrected chi connectivity index (χ0v) is 18.7. The lowest BCUT2D eigenvalue weighted by Crippen LogP contribution is -2.42. The molecule has 0 bridgehead atoms. The highest BCUT2D eigenvalue weighted by Gasteiger charge is 2.39. The molecule has 1 aromatic heterocycles. The first-order valence-electron chi connectivity index (χ1n) is 11.1. The van der Waals surface area contributed by atoms with Crippen LogP contribution in [0.2, 0.25) is 0 Å². The third-order valence-electron chi connectivity index (χ3n) is 6.47. The SMILES string of the molecule is COc1cc(/C=C2\CCCN(C3c4ccc(F)cc4C[C@H]3O)C2=O)ccc1-n1cnc(C)c1. The van der Waals surface area contributed by atoms with Gasteiger partial charge in [-0.2, -0.15) is 0 Å². The summed E-state index contributed by atoms with van der Waals surface area (Å²) in [5.41, 5.74) is 4.94. The average Bonchev–Trinajstić information content (AvgIpc) is 3.37. The number of methoxy groups -OCH3 is 1. The molecule has 3 aromatic rings. The van der Waals surface area contributed by atoms with E-state index in [-0.39, 0.29) is 11.7 Å². The van der Waals surface area contributed by atoms with Crippen molar-refractivity contribution in [3.05, 3.63) is 82.7 Å². The van der Waals surface area contributed by atoms with E-state index in [0.29, 0.717) is 30.7 Å². The van der Waals surface area contributed by atoms with Gasteiger partial charge in [0.2, 0.25) is 5.91 Å². The van der Waals surface area contributed by atoms with Gasteiger partial charge in [-0.3, -0.25) is 4.79 Å². The molecule has 1 N–H and O–H groups in total. The van der Waals surface area contributed by atoms with Gasteiger partial charge in [0, 0.05) is 24.7 Å². The number of benzene rings is 2. The number of aromatic nitrogens is 2. The summed E-state index contributed by atoms with van der Waals surface area (Å²) >= 11 is 0. The Morgan fingerprint density at radius 3 is 2.85 bits per heavy atom. The second kappa shape index (κ2) is 8.48. The predicted molar refractivity (Wildman–Crippen MR) is 123 cm³/mol. The molecule has 1 fully saturated rings. The smallest absolute Gasteiger partial charge is 0.250 e. The number of likely N-dealkylation sites (tertiary alicyclic amines) is 1. The van der Waals surface area contributed by atoms with E-state index in [2.05, 4.69) is 4.98 Å². The number of fused-ring (bicyclic) bond motifs is 1. The van der Waals surface area contributed by atoms with E-state index in [1.54, 1.807) is 24.4 Å². The minimum atomic E-state index is -0.733. The fourth-order valence-corrected chi connectivity index (χ4v) is 4.94. The largest absolute Gasteiger partial charge is 0.495 e. The van der Waals surface area contributed by atoms with Crippen LogP contribution in [0.3, 0.4) is 0 Å². The van der Waals surface area contributed by atoms with Gasteiger partial charge in [-0.15, -0.1) is 0 Å². The normalized spacial score (nSPS) is 21.5. The Bertz CT molecular complexity index is 1250. The zero-order chi connectivity index (χ0) is 23.1. The second-order valence-electron chi connectivity index (χ2n) is 8.68. The summed E-state index contributed by atoms with van der Waals surface area (Å²) in [4.78, 5) is 19.4. The van der Waals surface area contributed by atoms with Gasteiger partial charge in [-0.25, -0.2) is 9.37 Å². The van der Waals surface area contributed by atoms with Gasteiger partial charge < -0.3 is 19.3 Å². The second-order valence-corrected chi connectivity index (χ2v) is 8.68. The highest BCUT2D eigenvalue weighted by molar-refractivity contribution is 5.99. The summed E-state index contributed by atoms with van der Waals surface area (Å²) < 4.78 is 21.1. The zero-order valence-electron chi connectivity index (χ0n) is 18.7. The molecule has 1 aliphatic heterocycles. The van der Waals surface area contributed by atoms with Gasteiger partial charge in [0.15, 0.2) is 0 Å². The molecule has 0 spiro atoms. The Balaban J connectivity index is 1.44. The number of hydrogen-bond donors (Lipinski definition) is 1. The number of hydrogen-bond acceptors (Lipinski definition) is 4. The van der Waals surface area contributed by atoms with E-state index in [1.807, 2.05) is 42.0 Å². The Morgan fingerprint density at radius 2 is 2.09 bits per heavy atom. The van der Waals surface area contributed by atoms with Gasteiger partial charge in [-0.1, -0.05) is 12.1 Å². The summed E-state index contributed by atoms with van der Waals surface area (Å²) in [6, 6.07) is 9.91. The van der Waals surface area contributed by atoms with Gasteiger partial charge in [0.05, 0.1) is 37.0 Å². The van der Waals surface area contributed by atoms with Crippen LogP contribution in [0.5, 0.6) is 5.75 Å². The number of carbonyl (C=O) groups excluding carboxylic acids is 1. The van der Waals surface area contributed by atoms with Crippen molar-refractivity contribution in [2.45, 2.75) is 38.3 Å². The molecule has 2 heterocycles. The summed E-state index contributed by atoms with van der Waals surface area (Å²) in [5, 5.41) is 10.7. The number of halogens is 1. The van der Waals surface area contributed by atoms with Crippen LogP contribution in [0.25, 0.3) is 11.8 Å². The van der Waals surface area contributed by atoms with Crippen LogP contribution in [0.4, 0.5) is 4.39 Å². The lowest BCUT2D eigenvalue weighted by atomic mass is 9.96. The molecule has 2 atom stereocenters. The predicted octanol–water partition coefficient (Wildman–Crippen LogP) is 3.99. The van der Waals surface area contributed by atoms with Crippen molar-refractivity contribution in [3.8, 4) is 11.4 Å². The first kappa shape index (κ1) is 21.4. The van der Waals surface area contributed by atoms with Crippen molar-refractivity contribution < 1.29 is 19.0 Å². The fraction of sp³-hybridized carbons (Fsp3) is 0.308. The lowest BCUT2D eigenvalue weighted by Gasteiger charge is -2.35. The molecular weight excluding hydrogens is 421 g/mol. The average molecular weight is 448 g/mol. The fourth-order valence-electron chi connectivity index (χ4n) is 4.94. The molecule has 1 saturated heterocycles. The number of imidazole rings is 1. The molecule has 7 heteroatoms. The molecule has 0 saturated carbocycles. The molecule has 2 aromatic carbocycles. The number of aliphatic hydroxyl groups is 1. The van der Waals surface area contributed by atoms with Crippen molar-refractivity contribution in [1.29, 1.82) is 0 Å². The number of amides is 1. The maximum absolute atomic E-state index is 13.7. The van der Waals surface area contributed by atoms with Crippen LogP contribution in [0.15, 0.2) is 54.5 Å². The van der Waals surface area contributed by atoms with Crippen molar-refractivity contribution in [2.75, 3.05) is 13.7 Å². The highest BCUT2D eigenvalue weighted by atomic mass is 19.1. The van der Waals surface area contributed by atoms with E-state index >= 15 is 0 Å². The maximum Gasteiger partial charge on any atom is 0.250 e. The summed E-state index contributed by atoms with van der Waals surface area (Å²) in [6.07, 6.45) is 6.66. The molecule has 1 unspecified atom stereocenters. The number of aryl methyl sites for hydroxylation is 1. The lowest BCUT2D eigenvalue weighted by molar-refractivity contribution is -0.133. The topological polar surface area (TPSA) is 67.6 Å². The first-order chi connectivity index (χ1) is 15.9. The molecular formula is C26H26FN3O3. The maximum atomic E-state index is 13.7. The van der Waals surface area contributed by atoms with Crippen molar-refractivity contribution >= 4 is 12.0 Å². The molecule has 6 nitrogen and oxygen atoms in total. The van der Waals surface area contributed by atoms with Crippen LogP contribution in [-0.2, 0) is 11.2 Å². The highest BCUT2D eigenvalue weighted by Crippen LogP contribution is 2.39. The van der Waals surface area contributed by atoms with Crippen LogP contribution >= 0.6 is 0 Å². The third-order valence-corrected chi connectivity index (χ3v) is 6.47. The number of aliphatic hydroxyl groups excluding tert-OH is 1. The Morgan fingerprint density at radius 1 is 1.24 bits per heavy atom. The van der Waals surface area contributed by atoms with Gasteiger partial charge >= 0.3 is 0 Å². The standard InChI is InChI=1S/C26H26FN3O3/c1-16-14-29(15-28-16)22-8-5-17(11-24(22)33-2)10-18-4-3-9-30(26(18)32)25-21-7-6-20(27)12-19(21)13-23(25)31/h5-8,10-12,14-15,23,25,31H,3-4,9,13H2,1-2H3/b18-10+/t23-,25?/m1/s1. The van der Waals surface area contributed by atoms with Crippen molar-refractivity contribution in [3.63, 3.8) is 0 Å². The van der Waals surface area contributed by atoms with E-state index < -0.39 is 12.1 Å². The van der Waals surface area contributed by atoms with E-state index in [0.717, 1.165) is 34.5 Å². The molecule has 33 heavy (non-hydrogen) atoms. The van der Waals surface area contributed by atoms with Crippen molar-refractivity contribution in [2.24, 2.45) is 0 Å². The van der Waals surface area contributed by atoms with Crippen LogP contribution in [0, 0.1) is 12.7 Å². The summed E-state index contributed by atoms with van der Waals surface area (Å²) in [5.74, 6) is 0.273. The Hall–Kier alpha value is -3.45. The number of rotatable bonds is 4. The molecule has 2 aliphatic rings. The molecule has 1 amide bonds. The molecule has 170 valence electrons. The van der Waals surface area contributed by atoms with E-state index in [4.69, 9.17) is 4.74 Å². The third kappa shape index (κ3) is 3.93. The quantitative estimate of drug-likeness (QED) is 0.614. The summed E-state index contributed by atoms with van der Waals surface area (Å²) in [6.45, 7) is 2.50.